The Kier molecular flexibility index (Phi) is 3.47. The van der Waals surface area contributed by atoms with Gasteiger partial charge in [0.1, 0.15) is 0 Å². The Labute approximate surface area is 114 Å². The molecule has 3 nitrogen and oxygen atoms in total. The van der Waals surface area contributed by atoms with Crippen molar-refractivity contribution in [2.45, 2.75) is 18.9 Å². The van der Waals surface area contributed by atoms with E-state index < -0.39 is 0 Å². The standard InChI is InChI=1S/C16H19N3/c17-14-7-10-19(11-8-14)16-6-9-18-12-15(16)13-4-2-1-3-5-13/h1-6,9,12,14H,7-8,10-11,17H2. The summed E-state index contributed by atoms with van der Waals surface area (Å²) in [6, 6.07) is 12.9. The first-order valence-electron chi connectivity index (χ1n) is 6.84. The van der Waals surface area contributed by atoms with Crippen LogP contribution in [0.2, 0.25) is 0 Å². The van der Waals surface area contributed by atoms with E-state index in [9.17, 15) is 0 Å². The summed E-state index contributed by atoms with van der Waals surface area (Å²) in [4.78, 5) is 6.70. The molecule has 1 fully saturated rings. The van der Waals surface area contributed by atoms with Crippen molar-refractivity contribution in [1.29, 1.82) is 0 Å². The molecular formula is C16H19N3. The van der Waals surface area contributed by atoms with Crippen LogP contribution in [0.5, 0.6) is 0 Å². The molecule has 0 unspecified atom stereocenters. The van der Waals surface area contributed by atoms with E-state index in [4.69, 9.17) is 5.73 Å². The normalized spacial score (nSPS) is 16.6. The van der Waals surface area contributed by atoms with Gasteiger partial charge in [0.05, 0.1) is 0 Å². The first kappa shape index (κ1) is 12.2. The van der Waals surface area contributed by atoms with Crippen LogP contribution in [-0.4, -0.2) is 24.1 Å². The van der Waals surface area contributed by atoms with Crippen LogP contribution >= 0.6 is 0 Å². The maximum Gasteiger partial charge on any atom is 0.0476 e. The zero-order chi connectivity index (χ0) is 13.1. The van der Waals surface area contributed by atoms with Crippen LogP contribution in [-0.2, 0) is 0 Å². The van der Waals surface area contributed by atoms with E-state index in [-0.39, 0.29) is 0 Å². The molecule has 19 heavy (non-hydrogen) atoms. The van der Waals surface area contributed by atoms with Crippen LogP contribution in [0.1, 0.15) is 12.8 Å². The van der Waals surface area contributed by atoms with Gasteiger partial charge in [-0.1, -0.05) is 30.3 Å². The topological polar surface area (TPSA) is 42.1 Å². The monoisotopic (exact) mass is 253 g/mol. The summed E-state index contributed by atoms with van der Waals surface area (Å²) in [7, 11) is 0. The summed E-state index contributed by atoms with van der Waals surface area (Å²) >= 11 is 0. The molecule has 0 radical (unpaired) electrons. The maximum absolute atomic E-state index is 5.99. The Morgan fingerprint density at radius 2 is 1.79 bits per heavy atom. The summed E-state index contributed by atoms with van der Waals surface area (Å²) < 4.78 is 0. The number of hydrogen-bond acceptors (Lipinski definition) is 3. The van der Waals surface area contributed by atoms with E-state index >= 15 is 0 Å². The minimum atomic E-state index is 0.360. The van der Waals surface area contributed by atoms with Crippen LogP contribution in [0.4, 0.5) is 5.69 Å². The first-order chi connectivity index (χ1) is 9.34. The quantitative estimate of drug-likeness (QED) is 0.894. The number of piperidine rings is 1. The lowest BCUT2D eigenvalue weighted by molar-refractivity contribution is 0.501. The number of rotatable bonds is 2. The van der Waals surface area contributed by atoms with Crippen LogP contribution in [0.3, 0.4) is 0 Å². The van der Waals surface area contributed by atoms with Gasteiger partial charge in [0, 0.05) is 42.8 Å². The third-order valence-electron chi connectivity index (χ3n) is 3.76. The highest BCUT2D eigenvalue weighted by molar-refractivity contribution is 5.77. The molecule has 1 aliphatic rings. The van der Waals surface area contributed by atoms with Crippen LogP contribution < -0.4 is 10.6 Å². The number of anilines is 1. The molecule has 98 valence electrons. The van der Waals surface area contributed by atoms with E-state index in [0.717, 1.165) is 25.9 Å². The van der Waals surface area contributed by atoms with E-state index in [1.807, 2.05) is 18.5 Å². The molecule has 2 aromatic rings. The van der Waals surface area contributed by atoms with Gasteiger partial charge in [0.15, 0.2) is 0 Å². The Bertz CT molecular complexity index is 531. The van der Waals surface area contributed by atoms with Gasteiger partial charge in [0.25, 0.3) is 0 Å². The van der Waals surface area contributed by atoms with Gasteiger partial charge in [-0.3, -0.25) is 4.98 Å². The predicted molar refractivity (Wildman–Crippen MR) is 79.1 cm³/mol. The predicted octanol–water partition coefficient (Wildman–Crippen LogP) is 2.68. The van der Waals surface area contributed by atoms with Gasteiger partial charge in [0.2, 0.25) is 0 Å². The molecule has 1 aromatic carbocycles. The summed E-state index contributed by atoms with van der Waals surface area (Å²) in [5.41, 5.74) is 9.69. The SMILES string of the molecule is NC1CCN(c2ccncc2-c2ccccc2)CC1. The Hall–Kier alpha value is -1.87. The van der Waals surface area contributed by atoms with E-state index in [1.165, 1.54) is 16.8 Å². The molecule has 2 N–H and O–H groups in total. The Balaban J connectivity index is 1.94. The Morgan fingerprint density at radius 3 is 2.53 bits per heavy atom. The number of pyridine rings is 1. The fourth-order valence-corrected chi connectivity index (χ4v) is 2.64. The summed E-state index contributed by atoms with van der Waals surface area (Å²) in [5.74, 6) is 0. The smallest absolute Gasteiger partial charge is 0.0476 e. The molecule has 0 atom stereocenters. The zero-order valence-corrected chi connectivity index (χ0v) is 11.0. The lowest BCUT2D eigenvalue weighted by Gasteiger charge is -2.33. The molecule has 0 saturated carbocycles. The van der Waals surface area contributed by atoms with Crippen molar-refractivity contribution in [3.05, 3.63) is 48.8 Å². The molecule has 0 aliphatic carbocycles. The third kappa shape index (κ3) is 2.61. The van der Waals surface area contributed by atoms with Crippen molar-refractivity contribution in [3.8, 4) is 11.1 Å². The first-order valence-corrected chi connectivity index (χ1v) is 6.84. The van der Waals surface area contributed by atoms with Crippen LogP contribution in [0.15, 0.2) is 48.8 Å². The van der Waals surface area contributed by atoms with Gasteiger partial charge in [-0.2, -0.15) is 0 Å². The van der Waals surface area contributed by atoms with Crippen molar-refractivity contribution in [1.82, 2.24) is 4.98 Å². The molecule has 0 amide bonds. The number of hydrogen-bond donors (Lipinski definition) is 1. The highest BCUT2D eigenvalue weighted by Gasteiger charge is 2.18. The molecule has 0 bridgehead atoms. The van der Waals surface area contributed by atoms with Gasteiger partial charge in [-0.25, -0.2) is 0 Å². The van der Waals surface area contributed by atoms with E-state index in [0.29, 0.717) is 6.04 Å². The van der Waals surface area contributed by atoms with Crippen molar-refractivity contribution < 1.29 is 0 Å². The second-order valence-electron chi connectivity index (χ2n) is 5.08. The second kappa shape index (κ2) is 5.41. The van der Waals surface area contributed by atoms with Crippen molar-refractivity contribution in [2.24, 2.45) is 5.73 Å². The van der Waals surface area contributed by atoms with Crippen molar-refractivity contribution in [2.75, 3.05) is 18.0 Å². The summed E-state index contributed by atoms with van der Waals surface area (Å²) in [6.07, 6.45) is 5.96. The minimum Gasteiger partial charge on any atom is -0.371 e. The van der Waals surface area contributed by atoms with Gasteiger partial charge >= 0.3 is 0 Å². The molecule has 0 spiro atoms. The highest BCUT2D eigenvalue weighted by Crippen LogP contribution is 2.31. The molecule has 2 heterocycles. The minimum absolute atomic E-state index is 0.360. The fourth-order valence-electron chi connectivity index (χ4n) is 2.64. The summed E-state index contributed by atoms with van der Waals surface area (Å²) in [5, 5.41) is 0. The second-order valence-corrected chi connectivity index (χ2v) is 5.08. The van der Waals surface area contributed by atoms with Gasteiger partial charge in [-0.15, -0.1) is 0 Å². The van der Waals surface area contributed by atoms with Crippen LogP contribution in [0, 0.1) is 0 Å². The van der Waals surface area contributed by atoms with Gasteiger partial charge in [-0.05, 0) is 24.5 Å². The van der Waals surface area contributed by atoms with Crippen molar-refractivity contribution >= 4 is 5.69 Å². The number of nitrogens with zero attached hydrogens (tertiary/aromatic N) is 2. The van der Waals surface area contributed by atoms with Crippen LogP contribution in [0.25, 0.3) is 11.1 Å². The lowest BCUT2D eigenvalue weighted by Crippen LogP contribution is -2.39. The summed E-state index contributed by atoms with van der Waals surface area (Å²) in [6.45, 7) is 2.07. The maximum atomic E-state index is 5.99. The molecule has 1 saturated heterocycles. The molecule has 3 rings (SSSR count). The average Bonchev–Trinajstić information content (AvgIpc) is 2.49. The Morgan fingerprint density at radius 1 is 1.05 bits per heavy atom. The molecule has 3 heteroatoms. The van der Waals surface area contributed by atoms with E-state index in [2.05, 4.69) is 40.2 Å². The third-order valence-corrected chi connectivity index (χ3v) is 3.76. The fraction of sp³-hybridized carbons (Fsp3) is 0.312. The largest absolute Gasteiger partial charge is 0.371 e. The average molecular weight is 253 g/mol. The number of benzene rings is 1. The van der Waals surface area contributed by atoms with E-state index in [1.54, 1.807) is 0 Å². The zero-order valence-electron chi connectivity index (χ0n) is 11.0. The number of aromatic nitrogens is 1. The molecule has 1 aromatic heterocycles. The van der Waals surface area contributed by atoms with Crippen molar-refractivity contribution in [3.63, 3.8) is 0 Å². The molecular weight excluding hydrogens is 234 g/mol. The van der Waals surface area contributed by atoms with Gasteiger partial charge < -0.3 is 10.6 Å². The molecule has 1 aliphatic heterocycles. The lowest BCUT2D eigenvalue weighted by atomic mass is 10.0. The highest BCUT2D eigenvalue weighted by atomic mass is 15.1. The number of nitrogens with two attached hydrogens (primary N) is 1.